The Balaban J connectivity index is 1.44. The molecule has 2 saturated heterocycles. The van der Waals surface area contributed by atoms with Crippen molar-refractivity contribution in [2.75, 3.05) is 39.3 Å². The fraction of sp³-hybridized carbons (Fsp3) is 0.526. The Labute approximate surface area is 155 Å². The molecule has 2 fully saturated rings. The molecule has 0 spiro atoms. The Morgan fingerprint density at radius 1 is 0.846 bits per heavy atom. The van der Waals surface area contributed by atoms with Crippen molar-refractivity contribution in [3.8, 4) is 0 Å². The highest BCUT2D eigenvalue weighted by molar-refractivity contribution is 7.93. The van der Waals surface area contributed by atoms with Gasteiger partial charge in [-0.15, -0.1) is 0 Å². The van der Waals surface area contributed by atoms with E-state index in [9.17, 15) is 13.2 Å². The highest BCUT2D eigenvalue weighted by atomic mass is 32.2. The van der Waals surface area contributed by atoms with Crippen molar-refractivity contribution in [2.24, 2.45) is 0 Å². The number of urea groups is 1. The number of nitrogens with zero attached hydrogens (tertiary/aromatic N) is 3. The first kappa shape index (κ1) is 17.5. The second-order valence-electron chi connectivity index (χ2n) is 7.18. The molecular formula is C19H25N3O3S. The van der Waals surface area contributed by atoms with Crippen molar-refractivity contribution in [1.82, 2.24) is 14.1 Å². The number of hydrogen-bond donors (Lipinski definition) is 0. The van der Waals surface area contributed by atoms with Crippen molar-refractivity contribution in [3.63, 3.8) is 0 Å². The summed E-state index contributed by atoms with van der Waals surface area (Å²) in [5, 5.41) is 0. The summed E-state index contributed by atoms with van der Waals surface area (Å²) in [7, 11) is -3.45. The number of allylic oxidation sites excluding steroid dienone is 1. The van der Waals surface area contributed by atoms with Crippen LogP contribution in [0.25, 0.3) is 6.08 Å². The lowest BCUT2D eigenvalue weighted by Crippen LogP contribution is -2.53. The molecule has 140 valence electrons. The van der Waals surface area contributed by atoms with E-state index >= 15 is 0 Å². The number of carbonyl (C=O) groups is 1. The van der Waals surface area contributed by atoms with Gasteiger partial charge in [0.25, 0.3) is 0 Å². The van der Waals surface area contributed by atoms with E-state index in [0.717, 1.165) is 37.9 Å². The highest BCUT2D eigenvalue weighted by Gasteiger charge is 2.33. The van der Waals surface area contributed by atoms with Crippen LogP contribution in [0.1, 0.15) is 30.4 Å². The van der Waals surface area contributed by atoms with Gasteiger partial charge in [-0.1, -0.05) is 24.3 Å². The van der Waals surface area contributed by atoms with E-state index in [4.69, 9.17) is 0 Å². The second kappa shape index (κ2) is 7.04. The first-order chi connectivity index (χ1) is 12.6. The van der Waals surface area contributed by atoms with E-state index in [0.29, 0.717) is 37.5 Å². The number of benzene rings is 1. The van der Waals surface area contributed by atoms with Crippen molar-refractivity contribution >= 4 is 22.1 Å². The summed E-state index contributed by atoms with van der Waals surface area (Å²) in [5.41, 5.74) is 2.20. The molecule has 26 heavy (non-hydrogen) atoms. The number of amides is 2. The van der Waals surface area contributed by atoms with Crippen LogP contribution in [0.5, 0.6) is 0 Å². The maximum atomic E-state index is 13.0. The molecule has 1 aromatic carbocycles. The van der Waals surface area contributed by atoms with Gasteiger partial charge in [-0.2, -0.15) is 4.31 Å². The summed E-state index contributed by atoms with van der Waals surface area (Å²) >= 11 is 0. The molecule has 7 heteroatoms. The lowest BCUT2D eigenvalue weighted by atomic mass is 9.98. The minimum Gasteiger partial charge on any atom is -0.325 e. The third kappa shape index (κ3) is 3.25. The van der Waals surface area contributed by atoms with Crippen LogP contribution in [0.3, 0.4) is 0 Å². The normalized spacial score (nSPS) is 21.5. The number of rotatable bonds is 2. The van der Waals surface area contributed by atoms with E-state index in [1.165, 1.54) is 5.56 Å². The van der Waals surface area contributed by atoms with E-state index in [1.807, 2.05) is 29.2 Å². The predicted octanol–water partition coefficient (Wildman–Crippen LogP) is 2.14. The highest BCUT2D eigenvalue weighted by Crippen LogP contribution is 2.29. The van der Waals surface area contributed by atoms with E-state index in [2.05, 4.69) is 6.07 Å². The average Bonchev–Trinajstić information content (AvgIpc) is 3.22. The number of piperazine rings is 1. The molecule has 3 aliphatic rings. The molecule has 2 amide bonds. The smallest absolute Gasteiger partial charge is 0.320 e. The number of hydrogen-bond acceptors (Lipinski definition) is 3. The van der Waals surface area contributed by atoms with E-state index in [1.54, 1.807) is 9.21 Å². The predicted molar refractivity (Wildman–Crippen MR) is 101 cm³/mol. The van der Waals surface area contributed by atoms with Gasteiger partial charge in [-0.25, -0.2) is 13.2 Å². The van der Waals surface area contributed by atoms with Gasteiger partial charge in [0.05, 0.1) is 4.91 Å². The quantitative estimate of drug-likeness (QED) is 0.796. The van der Waals surface area contributed by atoms with Gasteiger partial charge in [0.2, 0.25) is 10.0 Å². The first-order valence-corrected chi connectivity index (χ1v) is 10.8. The molecule has 2 heterocycles. The number of aryl methyl sites for hydroxylation is 1. The van der Waals surface area contributed by atoms with Crippen LogP contribution in [0.15, 0.2) is 29.2 Å². The Bertz CT molecular complexity index is 820. The van der Waals surface area contributed by atoms with Crippen molar-refractivity contribution in [2.45, 2.75) is 25.7 Å². The van der Waals surface area contributed by atoms with E-state index < -0.39 is 10.0 Å². The van der Waals surface area contributed by atoms with Gasteiger partial charge < -0.3 is 9.80 Å². The lowest BCUT2D eigenvalue weighted by Gasteiger charge is -2.36. The Kier molecular flexibility index (Phi) is 4.75. The van der Waals surface area contributed by atoms with Crippen LogP contribution < -0.4 is 0 Å². The Morgan fingerprint density at radius 2 is 1.50 bits per heavy atom. The fourth-order valence-electron chi connectivity index (χ4n) is 4.00. The molecule has 0 aromatic heterocycles. The van der Waals surface area contributed by atoms with Gasteiger partial charge >= 0.3 is 6.03 Å². The Hall–Kier alpha value is -1.86. The van der Waals surface area contributed by atoms with Crippen LogP contribution in [0.4, 0.5) is 4.79 Å². The Morgan fingerprint density at radius 3 is 2.23 bits per heavy atom. The fourth-order valence-corrected chi connectivity index (χ4v) is 5.62. The molecule has 2 aliphatic heterocycles. The van der Waals surface area contributed by atoms with Gasteiger partial charge in [-0.3, -0.25) is 0 Å². The van der Waals surface area contributed by atoms with Gasteiger partial charge in [-0.05, 0) is 42.9 Å². The van der Waals surface area contributed by atoms with Crippen molar-refractivity contribution in [1.29, 1.82) is 0 Å². The molecule has 0 N–H and O–H groups in total. The summed E-state index contributed by atoms with van der Waals surface area (Å²) in [6, 6.07) is 8.01. The zero-order chi connectivity index (χ0) is 18.1. The molecule has 1 aliphatic carbocycles. The molecule has 0 bridgehead atoms. The monoisotopic (exact) mass is 375 g/mol. The molecule has 0 radical (unpaired) electrons. The zero-order valence-corrected chi connectivity index (χ0v) is 15.7. The molecule has 4 rings (SSSR count). The van der Waals surface area contributed by atoms with E-state index in [-0.39, 0.29) is 6.03 Å². The molecule has 0 unspecified atom stereocenters. The first-order valence-electron chi connectivity index (χ1n) is 9.38. The third-order valence-corrected chi connectivity index (χ3v) is 7.60. The summed E-state index contributed by atoms with van der Waals surface area (Å²) in [5.74, 6) is 0. The summed E-state index contributed by atoms with van der Waals surface area (Å²) in [6.45, 7) is 3.34. The number of sulfonamides is 1. The van der Waals surface area contributed by atoms with Gasteiger partial charge in [0.1, 0.15) is 0 Å². The largest absolute Gasteiger partial charge is 0.325 e. The topological polar surface area (TPSA) is 60.9 Å². The number of fused-ring (bicyclic) bond motifs is 1. The maximum absolute atomic E-state index is 13.0. The molecule has 1 aromatic rings. The minimum atomic E-state index is -3.45. The summed E-state index contributed by atoms with van der Waals surface area (Å²) < 4.78 is 27.6. The summed E-state index contributed by atoms with van der Waals surface area (Å²) in [4.78, 5) is 16.6. The number of likely N-dealkylation sites (tertiary alicyclic amines) is 1. The van der Waals surface area contributed by atoms with Crippen molar-refractivity contribution in [3.05, 3.63) is 40.3 Å². The molecule has 0 saturated carbocycles. The lowest BCUT2D eigenvalue weighted by molar-refractivity contribution is 0.142. The van der Waals surface area contributed by atoms with Crippen LogP contribution >= 0.6 is 0 Å². The van der Waals surface area contributed by atoms with Gasteiger partial charge in [0.15, 0.2) is 0 Å². The van der Waals surface area contributed by atoms with Crippen molar-refractivity contribution < 1.29 is 13.2 Å². The van der Waals surface area contributed by atoms with Crippen LogP contribution in [-0.4, -0.2) is 67.8 Å². The molecule has 0 atom stereocenters. The summed E-state index contributed by atoms with van der Waals surface area (Å²) in [6.07, 6.45) is 5.25. The average molecular weight is 375 g/mol. The van der Waals surface area contributed by atoms with Gasteiger partial charge in [0, 0.05) is 39.3 Å². The standard InChI is InChI=1S/C19H25N3O3S/c23-19(20-9-3-4-10-20)21-11-13-22(14-12-21)26(24,25)18-8-7-16-5-1-2-6-17(16)15-18/h1-2,5-6,15H,3-4,7-14H2. The van der Waals surface area contributed by atoms with Crippen LogP contribution in [0.2, 0.25) is 0 Å². The third-order valence-electron chi connectivity index (χ3n) is 5.57. The van der Waals surface area contributed by atoms with Crippen LogP contribution in [-0.2, 0) is 16.4 Å². The zero-order valence-electron chi connectivity index (χ0n) is 14.9. The number of carbonyl (C=O) groups excluding carboxylic acids is 1. The second-order valence-corrected chi connectivity index (χ2v) is 9.17. The van der Waals surface area contributed by atoms with Crippen LogP contribution in [0, 0.1) is 0 Å². The molecular weight excluding hydrogens is 350 g/mol. The molecule has 6 nitrogen and oxygen atoms in total. The maximum Gasteiger partial charge on any atom is 0.320 e. The SMILES string of the molecule is O=C(N1CCCC1)N1CCN(S(=O)(=O)C2=Cc3ccccc3CC2)CC1. The minimum absolute atomic E-state index is 0.0605.